The summed E-state index contributed by atoms with van der Waals surface area (Å²) in [5.41, 5.74) is 0.437. The van der Waals surface area contributed by atoms with E-state index in [1.165, 1.54) is 21.3 Å². The highest BCUT2D eigenvalue weighted by atomic mass is 16.5. The van der Waals surface area contributed by atoms with Crippen LogP contribution in [0.4, 0.5) is 5.95 Å². The number of hydrogen-bond acceptors (Lipinski definition) is 9. The molecule has 1 aliphatic heterocycles. The van der Waals surface area contributed by atoms with Crippen LogP contribution in [0.25, 0.3) is 0 Å². The minimum atomic E-state index is -0.284. The zero-order chi connectivity index (χ0) is 19.9. The van der Waals surface area contributed by atoms with Gasteiger partial charge in [-0.1, -0.05) is 0 Å². The fraction of sp³-hybridized carbons (Fsp3) is 0.444. The van der Waals surface area contributed by atoms with Crippen LogP contribution in [0.1, 0.15) is 16.2 Å². The first-order valence-electron chi connectivity index (χ1n) is 8.76. The Labute approximate surface area is 162 Å². The average molecular weight is 389 g/mol. The molecule has 10 heteroatoms. The van der Waals surface area contributed by atoms with Crippen molar-refractivity contribution in [3.05, 3.63) is 29.6 Å². The summed E-state index contributed by atoms with van der Waals surface area (Å²) in [7, 11) is 4.55. The molecule has 0 radical (unpaired) electrons. The van der Waals surface area contributed by atoms with E-state index in [1.54, 1.807) is 18.2 Å². The highest BCUT2D eigenvalue weighted by molar-refractivity contribution is 5.94. The lowest BCUT2D eigenvalue weighted by atomic mass is 10.2. The normalized spacial score (nSPS) is 13.8. The zero-order valence-electron chi connectivity index (χ0n) is 16.1. The van der Waals surface area contributed by atoms with Crippen LogP contribution in [0, 0.1) is 0 Å². The van der Waals surface area contributed by atoms with Crippen LogP contribution in [-0.4, -0.2) is 68.5 Å². The number of nitrogens with one attached hydrogen (secondary N) is 1. The van der Waals surface area contributed by atoms with Gasteiger partial charge in [0.05, 0.1) is 41.1 Å². The molecule has 0 aliphatic carbocycles. The highest BCUT2D eigenvalue weighted by Crippen LogP contribution is 2.27. The van der Waals surface area contributed by atoms with Crippen molar-refractivity contribution in [2.75, 3.05) is 52.5 Å². The number of aromatic nitrogens is 3. The Balaban J connectivity index is 1.72. The van der Waals surface area contributed by atoms with Crippen molar-refractivity contribution in [3.8, 4) is 17.5 Å². The second-order valence-corrected chi connectivity index (χ2v) is 5.89. The number of rotatable bonds is 7. The Morgan fingerprint density at radius 1 is 1.07 bits per heavy atom. The summed E-state index contributed by atoms with van der Waals surface area (Å²) in [5, 5.41) is 2.80. The van der Waals surface area contributed by atoms with Gasteiger partial charge >= 0.3 is 6.01 Å². The van der Waals surface area contributed by atoms with Gasteiger partial charge in [-0.15, -0.1) is 0 Å². The molecule has 2 aromatic rings. The molecule has 0 atom stereocenters. The largest absolute Gasteiger partial charge is 0.493 e. The molecule has 1 fully saturated rings. The van der Waals surface area contributed by atoms with Gasteiger partial charge in [0.25, 0.3) is 5.91 Å². The molecule has 1 saturated heterocycles. The summed E-state index contributed by atoms with van der Waals surface area (Å²) in [5.74, 6) is 1.66. The lowest BCUT2D eigenvalue weighted by Crippen LogP contribution is -2.37. The summed E-state index contributed by atoms with van der Waals surface area (Å²) in [4.78, 5) is 27.4. The van der Waals surface area contributed by atoms with Crippen LogP contribution >= 0.6 is 0 Å². The molecule has 1 N–H and O–H groups in total. The molecule has 1 aromatic carbocycles. The summed E-state index contributed by atoms with van der Waals surface area (Å²) < 4.78 is 20.9. The fourth-order valence-electron chi connectivity index (χ4n) is 2.70. The topological polar surface area (TPSA) is 108 Å². The zero-order valence-corrected chi connectivity index (χ0v) is 16.1. The number of hydrogen-bond donors (Lipinski definition) is 1. The van der Waals surface area contributed by atoms with Gasteiger partial charge in [-0.2, -0.15) is 15.0 Å². The van der Waals surface area contributed by atoms with E-state index in [0.717, 1.165) is 0 Å². The second kappa shape index (κ2) is 9.18. The molecule has 1 aliphatic rings. The van der Waals surface area contributed by atoms with E-state index in [-0.39, 0.29) is 18.5 Å². The summed E-state index contributed by atoms with van der Waals surface area (Å²) in [6, 6.07) is 5.15. The maximum atomic E-state index is 12.5. The van der Waals surface area contributed by atoms with Gasteiger partial charge in [0, 0.05) is 18.7 Å². The SMILES string of the molecule is COc1nc(CNC(=O)c2ccc(OC)c(OC)c2)nc(N2CCOCC2)n1. The number of methoxy groups -OCH3 is 3. The predicted molar refractivity (Wildman–Crippen MR) is 100 cm³/mol. The molecule has 0 spiro atoms. The molecule has 0 saturated carbocycles. The van der Waals surface area contributed by atoms with Crippen LogP contribution < -0.4 is 24.4 Å². The standard InChI is InChI=1S/C18H23N5O5/c1-25-13-5-4-12(10-14(13)26-2)16(24)19-11-15-20-17(22-18(21-15)27-3)23-6-8-28-9-7-23/h4-5,10H,6-9,11H2,1-3H3,(H,19,24). The van der Waals surface area contributed by atoms with Crippen molar-refractivity contribution in [3.63, 3.8) is 0 Å². The molecule has 0 bridgehead atoms. The minimum Gasteiger partial charge on any atom is -0.493 e. The fourth-order valence-corrected chi connectivity index (χ4v) is 2.70. The first-order valence-corrected chi connectivity index (χ1v) is 8.76. The third-order valence-electron chi connectivity index (χ3n) is 4.18. The summed E-state index contributed by atoms with van der Waals surface area (Å²) in [6.07, 6.45) is 0. The lowest BCUT2D eigenvalue weighted by Gasteiger charge is -2.26. The van der Waals surface area contributed by atoms with Crippen molar-refractivity contribution < 1.29 is 23.7 Å². The van der Waals surface area contributed by atoms with Crippen LogP contribution in [0.5, 0.6) is 17.5 Å². The van der Waals surface area contributed by atoms with Crippen molar-refractivity contribution >= 4 is 11.9 Å². The molecule has 1 amide bonds. The Bertz CT molecular complexity index is 826. The molecule has 2 heterocycles. The van der Waals surface area contributed by atoms with Crippen molar-refractivity contribution in [2.24, 2.45) is 0 Å². The average Bonchev–Trinajstić information content (AvgIpc) is 2.77. The Morgan fingerprint density at radius 3 is 2.50 bits per heavy atom. The van der Waals surface area contributed by atoms with Gasteiger partial charge in [0.1, 0.15) is 0 Å². The summed E-state index contributed by atoms with van der Waals surface area (Å²) >= 11 is 0. The number of benzene rings is 1. The van der Waals surface area contributed by atoms with Crippen molar-refractivity contribution in [2.45, 2.75) is 6.54 Å². The molecular formula is C18H23N5O5. The third kappa shape index (κ3) is 4.58. The lowest BCUT2D eigenvalue weighted by molar-refractivity contribution is 0.0949. The monoisotopic (exact) mass is 389 g/mol. The van der Waals surface area contributed by atoms with Gasteiger partial charge in [-0.05, 0) is 18.2 Å². The molecular weight excluding hydrogens is 366 g/mol. The first-order chi connectivity index (χ1) is 13.6. The van der Waals surface area contributed by atoms with Gasteiger partial charge in [0.2, 0.25) is 5.95 Å². The molecule has 3 rings (SSSR count). The quantitative estimate of drug-likeness (QED) is 0.731. The number of anilines is 1. The van der Waals surface area contributed by atoms with Gasteiger partial charge < -0.3 is 29.2 Å². The van der Waals surface area contributed by atoms with E-state index < -0.39 is 0 Å². The number of carbonyl (C=O) groups is 1. The van der Waals surface area contributed by atoms with E-state index in [2.05, 4.69) is 20.3 Å². The van der Waals surface area contributed by atoms with Crippen LogP contribution in [0.2, 0.25) is 0 Å². The maximum Gasteiger partial charge on any atom is 0.321 e. The van der Waals surface area contributed by atoms with Crippen molar-refractivity contribution in [1.29, 1.82) is 0 Å². The smallest absolute Gasteiger partial charge is 0.321 e. The van der Waals surface area contributed by atoms with Crippen LogP contribution in [0.15, 0.2) is 18.2 Å². The van der Waals surface area contributed by atoms with E-state index >= 15 is 0 Å². The second-order valence-electron chi connectivity index (χ2n) is 5.89. The first kappa shape index (κ1) is 19.6. The number of amides is 1. The Hall–Kier alpha value is -3.14. The Morgan fingerprint density at radius 2 is 1.82 bits per heavy atom. The molecule has 1 aromatic heterocycles. The number of nitrogens with zero attached hydrogens (tertiary/aromatic N) is 4. The molecule has 10 nitrogen and oxygen atoms in total. The van der Waals surface area contributed by atoms with Crippen molar-refractivity contribution in [1.82, 2.24) is 20.3 Å². The number of morpholine rings is 1. The van der Waals surface area contributed by atoms with E-state index in [9.17, 15) is 4.79 Å². The van der Waals surface area contributed by atoms with E-state index in [1.807, 2.05) is 4.90 Å². The Kier molecular flexibility index (Phi) is 6.43. The van der Waals surface area contributed by atoms with Crippen LogP contribution in [-0.2, 0) is 11.3 Å². The number of carbonyl (C=O) groups excluding carboxylic acids is 1. The van der Waals surface area contributed by atoms with Gasteiger partial charge in [-0.25, -0.2) is 0 Å². The maximum absolute atomic E-state index is 12.5. The highest BCUT2D eigenvalue weighted by Gasteiger charge is 2.17. The molecule has 0 unspecified atom stereocenters. The molecule has 150 valence electrons. The van der Waals surface area contributed by atoms with E-state index in [0.29, 0.717) is 55.1 Å². The van der Waals surface area contributed by atoms with Gasteiger partial charge in [-0.3, -0.25) is 4.79 Å². The number of ether oxygens (including phenoxy) is 4. The predicted octanol–water partition coefficient (Wildman–Crippen LogP) is 0.664. The van der Waals surface area contributed by atoms with E-state index in [4.69, 9.17) is 18.9 Å². The summed E-state index contributed by atoms with van der Waals surface area (Å²) in [6.45, 7) is 2.72. The van der Waals surface area contributed by atoms with Gasteiger partial charge in [0.15, 0.2) is 17.3 Å². The third-order valence-corrected chi connectivity index (χ3v) is 4.18. The molecule has 28 heavy (non-hydrogen) atoms. The van der Waals surface area contributed by atoms with Crippen LogP contribution in [0.3, 0.4) is 0 Å². The minimum absolute atomic E-state index is 0.128.